The fourth-order valence-corrected chi connectivity index (χ4v) is 4.34. The first-order valence-electron chi connectivity index (χ1n) is 11.1. The first kappa shape index (κ1) is 25.5. The fourth-order valence-electron chi connectivity index (χ4n) is 4.34. The van der Waals surface area contributed by atoms with Crippen molar-refractivity contribution in [2.24, 2.45) is 20.8 Å². The molecule has 2 aliphatic carbocycles. The summed E-state index contributed by atoms with van der Waals surface area (Å²) in [6.45, 7) is 16.0. The van der Waals surface area contributed by atoms with Crippen molar-refractivity contribution in [1.29, 1.82) is 0 Å². The minimum atomic E-state index is -0.233. The molecular weight excluding hydrogens is 404 g/mol. The van der Waals surface area contributed by atoms with Gasteiger partial charge in [0, 0.05) is 37.1 Å². The normalized spacial score (nSPS) is 26.2. The average Bonchev–Trinajstić information content (AvgIpc) is 2.66. The Morgan fingerprint density at radius 2 is 1.12 bits per heavy atom. The number of ketones is 2. The molecule has 0 radical (unpaired) electrons. The van der Waals surface area contributed by atoms with Crippen LogP contribution in [0, 0.1) is 10.8 Å². The molecule has 0 saturated heterocycles. The smallest absolute Gasteiger partial charge is 0.168 e. The van der Waals surface area contributed by atoms with Crippen molar-refractivity contribution in [3.05, 3.63) is 48.0 Å². The number of aliphatic hydroxyl groups is 2. The largest absolute Gasteiger partial charge is 0.511 e. The van der Waals surface area contributed by atoms with Crippen LogP contribution in [0.5, 0.6) is 0 Å². The van der Waals surface area contributed by atoms with Gasteiger partial charge in [-0.3, -0.25) is 19.6 Å². The zero-order valence-electron chi connectivity index (χ0n) is 19.8. The summed E-state index contributed by atoms with van der Waals surface area (Å²) in [6.07, 6.45) is 5.15. The van der Waals surface area contributed by atoms with E-state index in [1.165, 1.54) is 0 Å². The molecule has 6 heteroatoms. The lowest BCUT2D eigenvalue weighted by Crippen LogP contribution is -2.33. The van der Waals surface area contributed by atoms with Gasteiger partial charge in [0.05, 0.1) is 24.2 Å². The van der Waals surface area contributed by atoms with Gasteiger partial charge in [-0.15, -0.1) is 13.2 Å². The molecule has 2 rings (SSSR count). The van der Waals surface area contributed by atoms with Crippen molar-refractivity contribution in [3.63, 3.8) is 0 Å². The minimum Gasteiger partial charge on any atom is -0.511 e. The number of carbonyl (C=O) groups excluding carboxylic acids is 2. The van der Waals surface area contributed by atoms with Crippen LogP contribution in [0.4, 0.5) is 0 Å². The van der Waals surface area contributed by atoms with Crippen LogP contribution in [-0.4, -0.2) is 46.3 Å². The second kappa shape index (κ2) is 10.2. The number of aliphatic hydroxyl groups excluding tert-OH is 2. The van der Waals surface area contributed by atoms with Crippen LogP contribution in [0.15, 0.2) is 58.0 Å². The Morgan fingerprint density at radius 3 is 1.44 bits per heavy atom. The van der Waals surface area contributed by atoms with Gasteiger partial charge in [-0.1, -0.05) is 39.8 Å². The number of allylic oxidation sites excluding steroid dienone is 4. The van der Waals surface area contributed by atoms with Crippen molar-refractivity contribution >= 4 is 23.0 Å². The van der Waals surface area contributed by atoms with Crippen molar-refractivity contribution in [3.8, 4) is 0 Å². The Kier molecular flexibility index (Phi) is 8.16. The van der Waals surface area contributed by atoms with Gasteiger partial charge in [0.25, 0.3) is 0 Å². The fraction of sp³-hybridized carbons (Fsp3) is 0.538. The van der Waals surface area contributed by atoms with Crippen molar-refractivity contribution in [2.45, 2.75) is 66.2 Å². The number of aliphatic imine (C=N–C) groups is 2. The zero-order chi connectivity index (χ0) is 24.1. The molecule has 2 N–H and O–H groups in total. The minimum absolute atomic E-state index is 0.0371. The molecular formula is C26H36N2O4. The van der Waals surface area contributed by atoms with Gasteiger partial charge in [-0.25, -0.2) is 0 Å². The molecule has 32 heavy (non-hydrogen) atoms. The molecule has 0 bridgehead atoms. The number of carbonyl (C=O) groups is 2. The highest BCUT2D eigenvalue weighted by atomic mass is 16.3. The number of rotatable bonds is 7. The maximum atomic E-state index is 12.8. The van der Waals surface area contributed by atoms with Crippen LogP contribution in [0.3, 0.4) is 0 Å². The van der Waals surface area contributed by atoms with Crippen LogP contribution < -0.4 is 0 Å². The van der Waals surface area contributed by atoms with Crippen molar-refractivity contribution in [2.75, 3.05) is 13.1 Å². The summed E-state index contributed by atoms with van der Waals surface area (Å²) in [4.78, 5) is 34.5. The van der Waals surface area contributed by atoms with E-state index in [9.17, 15) is 19.8 Å². The van der Waals surface area contributed by atoms with Gasteiger partial charge in [-0.2, -0.15) is 0 Å². The van der Waals surface area contributed by atoms with E-state index in [0.29, 0.717) is 50.2 Å². The molecule has 6 nitrogen and oxygen atoms in total. The van der Waals surface area contributed by atoms with E-state index in [4.69, 9.17) is 0 Å². The summed E-state index contributed by atoms with van der Waals surface area (Å²) in [5, 5.41) is 21.6. The summed E-state index contributed by atoms with van der Waals surface area (Å²) < 4.78 is 0. The van der Waals surface area contributed by atoms with E-state index in [1.54, 1.807) is 12.2 Å². The molecule has 2 saturated carbocycles. The Hall–Kier alpha value is -2.76. The van der Waals surface area contributed by atoms with Gasteiger partial charge in [0.15, 0.2) is 11.6 Å². The lowest BCUT2D eigenvalue weighted by atomic mass is 9.72. The Balaban J connectivity index is 2.35. The molecule has 0 atom stereocenters. The summed E-state index contributed by atoms with van der Waals surface area (Å²) >= 11 is 0. The van der Waals surface area contributed by atoms with Crippen LogP contribution in [0.1, 0.15) is 66.2 Å². The molecule has 2 aliphatic rings. The van der Waals surface area contributed by atoms with Gasteiger partial charge >= 0.3 is 0 Å². The molecule has 0 unspecified atom stereocenters. The zero-order valence-corrected chi connectivity index (χ0v) is 19.8. The van der Waals surface area contributed by atoms with E-state index < -0.39 is 0 Å². The number of nitrogens with zero attached hydrogens (tertiary/aromatic N) is 2. The number of hydrogen-bond acceptors (Lipinski definition) is 6. The van der Waals surface area contributed by atoms with E-state index in [1.807, 2.05) is 27.7 Å². The molecule has 0 spiro atoms. The van der Waals surface area contributed by atoms with E-state index in [-0.39, 0.29) is 57.9 Å². The average molecular weight is 441 g/mol. The molecule has 174 valence electrons. The SMILES string of the molecule is C=CCN=C1CC(C)(C)CC(=O)/C1=C(/O)CC/C(O)=C1\C(=O)CC(C)(C)CC1=NCC=C. The monoisotopic (exact) mass is 440 g/mol. The number of Topliss-reactive ketones (excluding diaryl/α,β-unsaturated/α-hetero) is 2. The van der Waals surface area contributed by atoms with E-state index in [0.717, 1.165) is 0 Å². The molecule has 0 aromatic carbocycles. The van der Waals surface area contributed by atoms with Crippen LogP contribution in [-0.2, 0) is 9.59 Å². The molecule has 0 heterocycles. The molecule has 0 aromatic heterocycles. The van der Waals surface area contributed by atoms with Crippen molar-refractivity contribution in [1.82, 2.24) is 0 Å². The Morgan fingerprint density at radius 1 is 0.781 bits per heavy atom. The third kappa shape index (κ3) is 6.38. The van der Waals surface area contributed by atoms with Gasteiger partial charge in [0.1, 0.15) is 11.5 Å². The molecule has 2 fully saturated rings. The number of hydrogen-bond donors (Lipinski definition) is 2. The topological polar surface area (TPSA) is 99.3 Å². The summed E-state index contributed by atoms with van der Waals surface area (Å²) in [7, 11) is 0. The van der Waals surface area contributed by atoms with Crippen LogP contribution in [0.25, 0.3) is 0 Å². The van der Waals surface area contributed by atoms with Crippen LogP contribution >= 0.6 is 0 Å². The van der Waals surface area contributed by atoms with Crippen LogP contribution in [0.2, 0.25) is 0 Å². The first-order chi connectivity index (χ1) is 14.9. The maximum absolute atomic E-state index is 12.8. The van der Waals surface area contributed by atoms with Gasteiger partial charge in [0.2, 0.25) is 0 Å². The summed E-state index contributed by atoms with van der Waals surface area (Å²) in [6, 6.07) is 0. The van der Waals surface area contributed by atoms with Gasteiger partial charge in [-0.05, 0) is 23.7 Å². The molecule has 0 aromatic rings. The second-order valence-electron chi connectivity index (χ2n) is 10.2. The quantitative estimate of drug-likeness (QED) is 0.313. The van der Waals surface area contributed by atoms with E-state index in [2.05, 4.69) is 23.1 Å². The lowest BCUT2D eigenvalue weighted by molar-refractivity contribution is -0.118. The highest BCUT2D eigenvalue weighted by Crippen LogP contribution is 2.37. The molecule has 0 aliphatic heterocycles. The standard InChI is InChI=1S/C26H36N2O4/c1-7-11-27-17-13-25(3,4)15-21(31)23(17)19(29)9-10-20(30)24-18(28-12-8-2)14-26(5,6)16-22(24)32/h7-8,29-30H,1-2,9-16H2,3-6H3/b23-19+,24-20+,27-17?,28-18?. The highest BCUT2D eigenvalue weighted by Gasteiger charge is 2.37. The summed E-state index contributed by atoms with van der Waals surface area (Å²) in [5.74, 6) is -0.517. The molecule has 0 amide bonds. The Bertz CT molecular complexity index is 853. The third-order valence-electron chi connectivity index (χ3n) is 5.70. The van der Waals surface area contributed by atoms with Crippen molar-refractivity contribution < 1.29 is 19.8 Å². The summed E-state index contributed by atoms with van der Waals surface area (Å²) in [5.41, 5.74) is 1.14. The maximum Gasteiger partial charge on any atom is 0.168 e. The predicted molar refractivity (Wildman–Crippen MR) is 130 cm³/mol. The van der Waals surface area contributed by atoms with E-state index >= 15 is 0 Å². The first-order valence-corrected chi connectivity index (χ1v) is 11.1. The Labute approximate surface area is 191 Å². The predicted octanol–water partition coefficient (Wildman–Crippen LogP) is 5.42. The lowest BCUT2D eigenvalue weighted by Gasteiger charge is -2.32. The van der Waals surface area contributed by atoms with Gasteiger partial charge < -0.3 is 10.2 Å². The third-order valence-corrected chi connectivity index (χ3v) is 5.70. The second-order valence-corrected chi connectivity index (χ2v) is 10.2. The highest BCUT2D eigenvalue weighted by molar-refractivity contribution is 6.25.